The lowest BCUT2D eigenvalue weighted by Crippen LogP contribution is -2.38. The van der Waals surface area contributed by atoms with Crippen LogP contribution in [0.1, 0.15) is 48.3 Å². The molecule has 3 aromatic rings. The van der Waals surface area contributed by atoms with Crippen molar-refractivity contribution in [2.24, 2.45) is 10.9 Å². The molecular weight excluding hydrogens is 478 g/mol. The van der Waals surface area contributed by atoms with E-state index in [4.69, 9.17) is 19.2 Å². The van der Waals surface area contributed by atoms with Crippen LogP contribution in [0.5, 0.6) is 11.5 Å². The van der Waals surface area contributed by atoms with E-state index < -0.39 is 17.8 Å². The monoisotopic (exact) mass is 509 g/mol. The fourth-order valence-electron chi connectivity index (χ4n) is 5.56. The zero-order valence-electron chi connectivity index (χ0n) is 21.8. The number of hydrogen-bond acceptors (Lipinski definition) is 6. The molecule has 5 rings (SSSR count). The van der Waals surface area contributed by atoms with Gasteiger partial charge in [0.1, 0.15) is 24.0 Å². The van der Waals surface area contributed by atoms with Gasteiger partial charge in [-0.15, -0.1) is 0 Å². The van der Waals surface area contributed by atoms with Crippen LogP contribution in [0.15, 0.2) is 95.1 Å². The van der Waals surface area contributed by atoms with Gasteiger partial charge in [-0.3, -0.25) is 14.6 Å². The Balaban J connectivity index is 1.56. The van der Waals surface area contributed by atoms with Gasteiger partial charge in [-0.2, -0.15) is 0 Å². The summed E-state index contributed by atoms with van der Waals surface area (Å²) >= 11 is 0. The second-order valence-corrected chi connectivity index (χ2v) is 9.71. The maximum Gasteiger partial charge on any atom is 0.315 e. The van der Waals surface area contributed by atoms with Crippen LogP contribution in [0.25, 0.3) is 0 Å². The Morgan fingerprint density at radius 2 is 1.63 bits per heavy atom. The third-order valence-corrected chi connectivity index (χ3v) is 7.41. The fraction of sp³-hybridized carbons (Fsp3) is 0.281. The van der Waals surface area contributed by atoms with Crippen molar-refractivity contribution in [1.29, 1.82) is 0 Å². The number of esters is 1. The molecule has 6 nitrogen and oxygen atoms in total. The van der Waals surface area contributed by atoms with Crippen LogP contribution in [0.2, 0.25) is 0 Å². The van der Waals surface area contributed by atoms with Crippen LogP contribution in [0.4, 0.5) is 0 Å². The third-order valence-electron chi connectivity index (χ3n) is 7.41. The van der Waals surface area contributed by atoms with E-state index in [2.05, 4.69) is 12.1 Å². The van der Waals surface area contributed by atoms with Gasteiger partial charge >= 0.3 is 5.97 Å². The lowest BCUT2D eigenvalue weighted by molar-refractivity contribution is -0.148. The molecule has 3 atom stereocenters. The molecule has 0 bridgehead atoms. The Hall–Kier alpha value is -4.19. The number of benzene rings is 3. The summed E-state index contributed by atoms with van der Waals surface area (Å²) in [5.74, 6) is -0.521. The topological polar surface area (TPSA) is 74.2 Å². The summed E-state index contributed by atoms with van der Waals surface area (Å²) in [6.07, 6.45) is 0.987. The summed E-state index contributed by atoms with van der Waals surface area (Å²) < 4.78 is 16.9. The summed E-state index contributed by atoms with van der Waals surface area (Å²) in [5, 5.41) is 0. The lowest BCUT2D eigenvalue weighted by atomic mass is 9.69. The van der Waals surface area contributed by atoms with Crippen molar-refractivity contribution in [3.63, 3.8) is 0 Å². The molecule has 194 valence electrons. The van der Waals surface area contributed by atoms with Crippen molar-refractivity contribution >= 4 is 17.5 Å². The zero-order chi connectivity index (χ0) is 26.6. The van der Waals surface area contributed by atoms with E-state index in [0.717, 1.165) is 22.4 Å². The first-order valence-electron chi connectivity index (χ1n) is 12.8. The SMILES string of the molecule is COc1ccc([C@@H]2C3=C(C[C@H](c4ccccc4)CC3=O)N=C(C)C2C(=O)OCc2ccccc2)c(OC)c1. The molecule has 38 heavy (non-hydrogen) atoms. The van der Waals surface area contributed by atoms with Gasteiger partial charge in [0.15, 0.2) is 5.78 Å². The number of Topliss-reactive ketones (excluding diaryl/α,β-unsaturated/α-hetero) is 1. The Morgan fingerprint density at radius 3 is 2.32 bits per heavy atom. The highest BCUT2D eigenvalue weighted by Crippen LogP contribution is 2.49. The molecule has 0 aromatic heterocycles. The minimum Gasteiger partial charge on any atom is -0.497 e. The summed E-state index contributed by atoms with van der Waals surface area (Å²) in [6, 6.07) is 25.1. The average Bonchev–Trinajstić information content (AvgIpc) is 2.95. The van der Waals surface area contributed by atoms with E-state index in [9.17, 15) is 9.59 Å². The molecular formula is C32H31NO5. The van der Waals surface area contributed by atoms with Gasteiger partial charge in [0.2, 0.25) is 0 Å². The summed E-state index contributed by atoms with van der Waals surface area (Å²) in [6.45, 7) is 1.99. The van der Waals surface area contributed by atoms with E-state index in [-0.39, 0.29) is 18.3 Å². The molecule has 0 saturated heterocycles. The zero-order valence-corrected chi connectivity index (χ0v) is 21.8. The molecule has 0 radical (unpaired) electrons. The molecule has 6 heteroatoms. The summed E-state index contributed by atoms with van der Waals surface area (Å²) in [7, 11) is 3.17. The molecule has 0 spiro atoms. The average molecular weight is 510 g/mol. The molecule has 1 aliphatic heterocycles. The van der Waals surface area contributed by atoms with Crippen molar-refractivity contribution < 1.29 is 23.8 Å². The third kappa shape index (κ3) is 4.99. The molecule has 0 amide bonds. The number of methoxy groups -OCH3 is 2. The minimum atomic E-state index is -0.753. The highest BCUT2D eigenvalue weighted by Gasteiger charge is 2.45. The number of nitrogens with zero attached hydrogens (tertiary/aromatic N) is 1. The molecule has 0 N–H and O–H groups in total. The van der Waals surface area contributed by atoms with Gasteiger partial charge in [0.05, 0.1) is 14.2 Å². The number of ether oxygens (including phenoxy) is 3. The van der Waals surface area contributed by atoms with Gasteiger partial charge in [0.25, 0.3) is 0 Å². The first-order chi connectivity index (χ1) is 18.5. The minimum absolute atomic E-state index is 0.0000774. The Morgan fingerprint density at radius 1 is 0.921 bits per heavy atom. The number of rotatable bonds is 7. The van der Waals surface area contributed by atoms with Gasteiger partial charge < -0.3 is 14.2 Å². The Labute approximate surface area is 223 Å². The van der Waals surface area contributed by atoms with Gasteiger partial charge in [-0.25, -0.2) is 0 Å². The standard InChI is InChI=1S/C32H31NO5/c1-20-29(32(35)38-19-21-10-6-4-7-11-21)30(25-15-14-24(36-2)18-28(25)37-3)31-26(33-20)16-23(17-27(31)34)22-12-8-5-9-13-22/h4-15,18,23,29-30H,16-17,19H2,1-3H3/t23-,29?,30-/m0/s1. The molecule has 3 aromatic carbocycles. The second-order valence-electron chi connectivity index (χ2n) is 9.71. The lowest BCUT2D eigenvalue weighted by Gasteiger charge is -2.37. The van der Waals surface area contributed by atoms with Crippen molar-refractivity contribution in [2.45, 2.75) is 38.2 Å². The largest absolute Gasteiger partial charge is 0.497 e. The van der Waals surface area contributed by atoms with Crippen LogP contribution >= 0.6 is 0 Å². The van der Waals surface area contributed by atoms with Crippen LogP contribution in [0, 0.1) is 5.92 Å². The van der Waals surface area contributed by atoms with E-state index in [1.165, 1.54) is 0 Å². The van der Waals surface area contributed by atoms with Crippen molar-refractivity contribution in [1.82, 2.24) is 0 Å². The van der Waals surface area contributed by atoms with E-state index in [1.807, 2.05) is 67.6 Å². The van der Waals surface area contributed by atoms with Gasteiger partial charge in [0, 0.05) is 41.0 Å². The molecule has 1 aliphatic carbocycles. The molecule has 2 aliphatic rings. The van der Waals surface area contributed by atoms with Crippen molar-refractivity contribution in [2.75, 3.05) is 14.2 Å². The maximum atomic E-state index is 13.8. The number of aliphatic imine (C=N–C) groups is 1. The molecule has 0 saturated carbocycles. The predicted molar refractivity (Wildman–Crippen MR) is 146 cm³/mol. The maximum absolute atomic E-state index is 13.8. The number of ketones is 1. The summed E-state index contributed by atoms with van der Waals surface area (Å²) in [4.78, 5) is 32.3. The predicted octanol–water partition coefficient (Wildman–Crippen LogP) is 6.02. The number of allylic oxidation sites excluding steroid dienone is 2. The number of carbonyl (C=O) groups is 2. The highest BCUT2D eigenvalue weighted by atomic mass is 16.5. The van der Waals surface area contributed by atoms with Crippen molar-refractivity contribution in [3.8, 4) is 11.5 Å². The quantitative estimate of drug-likeness (QED) is 0.364. The normalized spacial score (nSPS) is 20.9. The van der Waals surface area contributed by atoms with Crippen molar-refractivity contribution in [3.05, 3.63) is 107 Å². The van der Waals surface area contributed by atoms with Crippen LogP contribution in [-0.2, 0) is 20.9 Å². The van der Waals surface area contributed by atoms with E-state index in [0.29, 0.717) is 35.6 Å². The van der Waals surface area contributed by atoms with Crippen LogP contribution in [0.3, 0.4) is 0 Å². The first-order valence-corrected chi connectivity index (χ1v) is 12.8. The van der Waals surface area contributed by atoms with E-state index in [1.54, 1.807) is 20.3 Å². The highest BCUT2D eigenvalue weighted by molar-refractivity contribution is 6.09. The molecule has 0 fully saturated rings. The first kappa shape index (κ1) is 25.5. The molecule has 1 heterocycles. The van der Waals surface area contributed by atoms with Crippen LogP contribution in [-0.4, -0.2) is 31.7 Å². The second kappa shape index (κ2) is 11.1. The summed E-state index contributed by atoms with van der Waals surface area (Å²) in [5.41, 5.74) is 4.69. The van der Waals surface area contributed by atoms with Crippen LogP contribution < -0.4 is 9.47 Å². The van der Waals surface area contributed by atoms with Gasteiger partial charge in [-0.05, 0) is 36.5 Å². The van der Waals surface area contributed by atoms with Gasteiger partial charge in [-0.1, -0.05) is 66.7 Å². The fourth-order valence-corrected chi connectivity index (χ4v) is 5.56. The Kier molecular flexibility index (Phi) is 7.40. The Bertz CT molecular complexity index is 1390. The number of hydrogen-bond donors (Lipinski definition) is 0. The smallest absolute Gasteiger partial charge is 0.315 e. The number of carbonyl (C=O) groups excluding carboxylic acids is 2. The van der Waals surface area contributed by atoms with E-state index >= 15 is 0 Å². The molecule has 1 unspecified atom stereocenters.